The molecule has 2 nitrogen and oxygen atoms in total. The molecule has 0 radical (unpaired) electrons. The Morgan fingerprint density at radius 3 is 2.25 bits per heavy atom. The zero-order valence-electron chi connectivity index (χ0n) is 21.8. The van der Waals surface area contributed by atoms with E-state index in [0.717, 1.165) is 37.5 Å². The first-order valence-corrected chi connectivity index (χ1v) is 13.7. The Balaban J connectivity index is 1.57. The Morgan fingerprint density at radius 2 is 1.56 bits per heavy atom. The first kappa shape index (κ1) is 23.0. The summed E-state index contributed by atoms with van der Waals surface area (Å²) in [6.07, 6.45) is 15.5. The summed E-state index contributed by atoms with van der Waals surface area (Å²) in [7, 11) is 0. The monoisotopic (exact) mass is 440 g/mol. The third kappa shape index (κ3) is 2.62. The zero-order chi connectivity index (χ0) is 23.3. The molecular weight excluding hydrogens is 392 g/mol. The predicted octanol–water partition coefficient (Wildman–Crippen LogP) is 7.97. The average molecular weight is 441 g/mol. The van der Waals surface area contributed by atoms with Crippen molar-refractivity contribution < 1.29 is 9.90 Å². The van der Waals surface area contributed by atoms with Gasteiger partial charge >= 0.3 is 5.97 Å². The SMILES string of the molecule is C[C@@H]1[C@H]2[C@H]3CC[C@@H]4[C@@]5(C)CC=CC(C)(C)C5CC[C@@]4(C)[C@]3(C)CC[C@@]2(C(=O)O)CC[C@H]1C. The maximum Gasteiger partial charge on any atom is 0.309 e. The second-order valence-electron chi connectivity index (χ2n) is 14.5. The van der Waals surface area contributed by atoms with Gasteiger partial charge in [-0.25, -0.2) is 0 Å². The normalized spacial score (nSPS) is 56.3. The van der Waals surface area contributed by atoms with E-state index in [1.54, 1.807) is 0 Å². The van der Waals surface area contributed by atoms with Gasteiger partial charge in [0.2, 0.25) is 0 Å². The first-order chi connectivity index (χ1) is 14.8. The molecule has 5 aliphatic carbocycles. The zero-order valence-corrected chi connectivity index (χ0v) is 21.8. The van der Waals surface area contributed by atoms with Crippen molar-refractivity contribution in [3.63, 3.8) is 0 Å². The van der Waals surface area contributed by atoms with E-state index < -0.39 is 11.4 Å². The van der Waals surface area contributed by atoms with Gasteiger partial charge in [0.15, 0.2) is 0 Å². The van der Waals surface area contributed by atoms with E-state index in [1.165, 1.54) is 32.1 Å². The lowest BCUT2D eigenvalue weighted by Crippen LogP contribution is -2.67. The number of carboxylic acids is 1. The average Bonchev–Trinajstić information content (AvgIpc) is 2.70. The van der Waals surface area contributed by atoms with E-state index in [-0.39, 0.29) is 5.41 Å². The second kappa shape index (κ2) is 6.88. The van der Waals surface area contributed by atoms with Gasteiger partial charge in [0.1, 0.15) is 0 Å². The van der Waals surface area contributed by atoms with E-state index in [0.29, 0.717) is 39.9 Å². The van der Waals surface area contributed by atoms with Gasteiger partial charge in [-0.15, -0.1) is 0 Å². The van der Waals surface area contributed by atoms with Crippen molar-refractivity contribution in [2.45, 2.75) is 106 Å². The molecule has 1 N–H and O–H groups in total. The summed E-state index contributed by atoms with van der Waals surface area (Å²) in [6, 6.07) is 0. The number of hydrogen-bond acceptors (Lipinski definition) is 1. The summed E-state index contributed by atoms with van der Waals surface area (Å²) >= 11 is 0. The van der Waals surface area contributed by atoms with Crippen molar-refractivity contribution in [2.75, 3.05) is 0 Å². The molecule has 180 valence electrons. The minimum Gasteiger partial charge on any atom is -0.481 e. The smallest absolute Gasteiger partial charge is 0.309 e. The van der Waals surface area contributed by atoms with Gasteiger partial charge < -0.3 is 5.11 Å². The van der Waals surface area contributed by atoms with Crippen LogP contribution in [0.25, 0.3) is 0 Å². The standard InChI is InChI=1S/C30H48O2/c1-19-11-16-30(25(31)32)18-17-28(6)21(24(30)20(19)2)9-10-23-27(5)14-8-13-26(3,4)22(27)12-15-29(23,28)7/h8,13,19-24H,9-12,14-18H2,1-7H3,(H,31,32)/t19-,20+,21-,22?,23-,24+,27+,28-,29-,30+/m1/s1. The van der Waals surface area contributed by atoms with Gasteiger partial charge in [0.25, 0.3) is 0 Å². The number of carbonyl (C=O) groups is 1. The lowest BCUT2D eigenvalue weighted by Gasteiger charge is -2.73. The summed E-state index contributed by atoms with van der Waals surface area (Å²) < 4.78 is 0. The Bertz CT molecular complexity index is 827. The van der Waals surface area contributed by atoms with Gasteiger partial charge in [-0.05, 0) is 115 Å². The Kier molecular flexibility index (Phi) is 4.94. The van der Waals surface area contributed by atoms with Gasteiger partial charge in [-0.2, -0.15) is 0 Å². The molecule has 0 saturated heterocycles. The number of hydrogen-bond donors (Lipinski definition) is 1. The first-order valence-electron chi connectivity index (χ1n) is 13.7. The van der Waals surface area contributed by atoms with Crippen LogP contribution in [-0.4, -0.2) is 11.1 Å². The van der Waals surface area contributed by atoms with Gasteiger partial charge in [-0.3, -0.25) is 4.79 Å². The molecule has 0 spiro atoms. The summed E-state index contributed by atoms with van der Waals surface area (Å²) in [4.78, 5) is 12.8. The molecule has 5 aliphatic rings. The second-order valence-corrected chi connectivity index (χ2v) is 14.5. The highest BCUT2D eigenvalue weighted by Crippen LogP contribution is 2.76. The van der Waals surface area contributed by atoms with Crippen molar-refractivity contribution in [1.82, 2.24) is 0 Å². The minimum atomic E-state index is -0.481. The number of rotatable bonds is 1. The summed E-state index contributed by atoms with van der Waals surface area (Å²) in [6.45, 7) is 17.6. The van der Waals surface area contributed by atoms with Crippen LogP contribution in [0.1, 0.15) is 106 Å². The van der Waals surface area contributed by atoms with Crippen molar-refractivity contribution in [2.24, 2.45) is 62.6 Å². The molecule has 0 aromatic carbocycles. The maximum absolute atomic E-state index is 12.8. The largest absolute Gasteiger partial charge is 0.481 e. The third-order valence-corrected chi connectivity index (χ3v) is 13.3. The summed E-state index contributed by atoms with van der Waals surface area (Å²) in [5.41, 5.74) is 0.810. The fraction of sp³-hybridized carbons (Fsp3) is 0.900. The van der Waals surface area contributed by atoms with Crippen molar-refractivity contribution >= 4 is 5.97 Å². The molecule has 32 heavy (non-hydrogen) atoms. The van der Waals surface area contributed by atoms with Crippen molar-refractivity contribution in [3.05, 3.63) is 12.2 Å². The van der Waals surface area contributed by atoms with Gasteiger partial charge in [0.05, 0.1) is 5.41 Å². The number of aliphatic carboxylic acids is 1. The molecule has 0 bridgehead atoms. The highest BCUT2D eigenvalue weighted by atomic mass is 16.4. The van der Waals surface area contributed by atoms with Crippen LogP contribution in [0, 0.1) is 62.6 Å². The summed E-state index contributed by atoms with van der Waals surface area (Å²) in [5, 5.41) is 10.5. The molecule has 0 heterocycles. The minimum absolute atomic E-state index is 0.268. The van der Waals surface area contributed by atoms with Crippen LogP contribution in [0.15, 0.2) is 12.2 Å². The van der Waals surface area contributed by atoms with Crippen LogP contribution in [-0.2, 0) is 4.79 Å². The molecule has 0 aromatic rings. The molecule has 0 aliphatic heterocycles. The molecule has 1 unspecified atom stereocenters. The van der Waals surface area contributed by atoms with Gasteiger partial charge in [0, 0.05) is 0 Å². The van der Waals surface area contributed by atoms with Gasteiger partial charge in [-0.1, -0.05) is 60.6 Å². The Hall–Kier alpha value is -0.790. The molecule has 10 atom stereocenters. The number of fused-ring (bicyclic) bond motifs is 7. The highest BCUT2D eigenvalue weighted by Gasteiger charge is 2.70. The maximum atomic E-state index is 12.8. The van der Waals surface area contributed by atoms with Crippen LogP contribution in [0.5, 0.6) is 0 Å². The lowest BCUT2D eigenvalue weighted by molar-refractivity contribution is -0.243. The molecule has 0 aromatic heterocycles. The van der Waals surface area contributed by atoms with E-state index in [1.807, 2.05) is 0 Å². The highest BCUT2D eigenvalue weighted by molar-refractivity contribution is 5.75. The van der Waals surface area contributed by atoms with E-state index in [2.05, 4.69) is 60.6 Å². The van der Waals surface area contributed by atoms with Crippen LogP contribution in [0.2, 0.25) is 0 Å². The summed E-state index contributed by atoms with van der Waals surface area (Å²) in [5.74, 6) is 3.14. The Morgan fingerprint density at radius 1 is 0.844 bits per heavy atom. The lowest BCUT2D eigenvalue weighted by atomic mass is 9.31. The van der Waals surface area contributed by atoms with Crippen LogP contribution in [0.3, 0.4) is 0 Å². The fourth-order valence-corrected chi connectivity index (χ4v) is 11.3. The quantitative estimate of drug-likeness (QED) is 0.420. The third-order valence-electron chi connectivity index (χ3n) is 13.3. The van der Waals surface area contributed by atoms with Crippen LogP contribution >= 0.6 is 0 Å². The topological polar surface area (TPSA) is 37.3 Å². The number of allylic oxidation sites excluding steroid dienone is 2. The van der Waals surface area contributed by atoms with Crippen molar-refractivity contribution in [1.29, 1.82) is 0 Å². The Labute approximate surface area is 197 Å². The molecular formula is C30H48O2. The number of carboxylic acid groups (broad SMARTS) is 1. The fourth-order valence-electron chi connectivity index (χ4n) is 11.3. The van der Waals surface area contributed by atoms with Crippen LogP contribution < -0.4 is 0 Å². The molecule has 5 rings (SSSR count). The predicted molar refractivity (Wildman–Crippen MR) is 131 cm³/mol. The molecule has 4 saturated carbocycles. The molecule has 4 fully saturated rings. The van der Waals surface area contributed by atoms with E-state index in [9.17, 15) is 9.90 Å². The molecule has 0 amide bonds. The molecule has 2 heteroatoms. The van der Waals surface area contributed by atoms with Crippen molar-refractivity contribution in [3.8, 4) is 0 Å². The van der Waals surface area contributed by atoms with E-state index in [4.69, 9.17) is 0 Å². The van der Waals surface area contributed by atoms with E-state index >= 15 is 0 Å². The van der Waals surface area contributed by atoms with Crippen LogP contribution in [0.4, 0.5) is 0 Å².